The van der Waals surface area contributed by atoms with Gasteiger partial charge in [-0.3, -0.25) is 5.43 Å². The van der Waals surface area contributed by atoms with Crippen molar-refractivity contribution >= 4 is 55.8 Å². The van der Waals surface area contributed by atoms with E-state index < -0.39 is 0 Å². The van der Waals surface area contributed by atoms with Crippen molar-refractivity contribution in [3.05, 3.63) is 52.1 Å². The van der Waals surface area contributed by atoms with Crippen LogP contribution in [-0.2, 0) is 0 Å². The lowest BCUT2D eigenvalue weighted by atomic mass is 10.1. The molecule has 0 bridgehead atoms. The minimum absolute atomic E-state index is 0.298. The Hall–Kier alpha value is -1.89. The summed E-state index contributed by atoms with van der Waals surface area (Å²) in [6, 6.07) is 12.1. The van der Waals surface area contributed by atoms with E-state index in [0.717, 1.165) is 20.9 Å². The Morgan fingerprint density at radius 3 is 2.67 bits per heavy atom. The molecule has 4 N–H and O–H groups in total. The largest absolute Gasteiger partial charge is 0.339 e. The summed E-state index contributed by atoms with van der Waals surface area (Å²) in [5.41, 5.74) is 3.27. The fourth-order valence-electron chi connectivity index (χ4n) is 1.96. The van der Waals surface area contributed by atoms with Crippen LogP contribution < -0.4 is 16.6 Å². The van der Waals surface area contributed by atoms with Gasteiger partial charge in [0.1, 0.15) is 5.02 Å². The first kappa shape index (κ1) is 14.1. The molecule has 3 rings (SSSR count). The molecule has 0 saturated carbocycles. The van der Waals surface area contributed by atoms with Gasteiger partial charge in [0.25, 0.3) is 0 Å². The van der Waals surface area contributed by atoms with Crippen LogP contribution in [0.4, 0.5) is 17.5 Å². The summed E-state index contributed by atoms with van der Waals surface area (Å²) in [5.74, 6) is 6.09. The fraction of sp³-hybridized carbons (Fsp3) is 0. The first-order chi connectivity index (χ1) is 10.2. The molecule has 106 valence electrons. The number of hydrazine groups is 1. The fourth-order valence-corrected chi connectivity index (χ4v) is 2.47. The zero-order chi connectivity index (χ0) is 14.8. The normalized spacial score (nSPS) is 10.6. The molecule has 1 aromatic heterocycles. The van der Waals surface area contributed by atoms with E-state index in [4.69, 9.17) is 17.4 Å². The Balaban J connectivity index is 1.96. The molecule has 0 aliphatic carbocycles. The number of anilines is 3. The van der Waals surface area contributed by atoms with Crippen molar-refractivity contribution in [2.45, 2.75) is 0 Å². The van der Waals surface area contributed by atoms with E-state index in [1.165, 1.54) is 6.20 Å². The van der Waals surface area contributed by atoms with Gasteiger partial charge in [-0.15, -0.1) is 0 Å². The van der Waals surface area contributed by atoms with Crippen molar-refractivity contribution in [1.82, 2.24) is 9.97 Å². The second kappa shape index (κ2) is 5.85. The van der Waals surface area contributed by atoms with E-state index in [1.807, 2.05) is 30.3 Å². The molecule has 0 aliphatic rings. The topological polar surface area (TPSA) is 75.9 Å². The van der Waals surface area contributed by atoms with Gasteiger partial charge in [-0.05, 0) is 35.0 Å². The third-order valence-electron chi connectivity index (χ3n) is 2.94. The van der Waals surface area contributed by atoms with Crippen molar-refractivity contribution in [2.24, 2.45) is 5.84 Å². The SMILES string of the molecule is NNc1ncc(Cl)c(Nc2ccc3cc(Br)ccc3c2)n1. The van der Waals surface area contributed by atoms with Crippen LogP contribution in [0, 0.1) is 0 Å². The highest BCUT2D eigenvalue weighted by atomic mass is 79.9. The Bertz CT molecular complexity index is 808. The van der Waals surface area contributed by atoms with Crippen molar-refractivity contribution in [2.75, 3.05) is 10.7 Å². The Morgan fingerprint density at radius 1 is 1.10 bits per heavy atom. The smallest absolute Gasteiger partial charge is 0.239 e. The summed E-state index contributed by atoms with van der Waals surface area (Å²) in [5, 5.41) is 5.85. The second-order valence-electron chi connectivity index (χ2n) is 4.37. The maximum Gasteiger partial charge on any atom is 0.239 e. The molecule has 21 heavy (non-hydrogen) atoms. The molecule has 7 heteroatoms. The van der Waals surface area contributed by atoms with E-state index in [2.05, 4.69) is 42.7 Å². The lowest BCUT2D eigenvalue weighted by Crippen LogP contribution is -2.11. The van der Waals surface area contributed by atoms with Crippen molar-refractivity contribution in [3.8, 4) is 0 Å². The zero-order valence-corrected chi connectivity index (χ0v) is 13.1. The lowest BCUT2D eigenvalue weighted by molar-refractivity contribution is 1.12. The molecule has 0 saturated heterocycles. The zero-order valence-electron chi connectivity index (χ0n) is 10.8. The van der Waals surface area contributed by atoms with Crippen molar-refractivity contribution < 1.29 is 0 Å². The van der Waals surface area contributed by atoms with Gasteiger partial charge in [-0.25, -0.2) is 10.8 Å². The molecule has 5 nitrogen and oxygen atoms in total. The molecule has 0 amide bonds. The molecule has 0 aliphatic heterocycles. The van der Waals surface area contributed by atoms with Gasteiger partial charge in [-0.1, -0.05) is 39.7 Å². The summed E-state index contributed by atoms with van der Waals surface area (Å²) in [4.78, 5) is 8.12. The number of nitrogens with one attached hydrogen (secondary N) is 2. The van der Waals surface area contributed by atoms with Crippen LogP contribution in [0.1, 0.15) is 0 Å². The molecule has 0 fully saturated rings. The molecule has 0 spiro atoms. The maximum absolute atomic E-state index is 6.08. The molecular formula is C14H11BrClN5. The average molecular weight is 365 g/mol. The summed E-state index contributed by atoms with van der Waals surface area (Å²) in [6.45, 7) is 0. The summed E-state index contributed by atoms with van der Waals surface area (Å²) >= 11 is 9.54. The van der Waals surface area contributed by atoms with Crippen molar-refractivity contribution in [1.29, 1.82) is 0 Å². The van der Waals surface area contributed by atoms with Crippen LogP contribution in [-0.4, -0.2) is 9.97 Å². The molecule has 1 heterocycles. The second-order valence-corrected chi connectivity index (χ2v) is 5.69. The number of aromatic nitrogens is 2. The molecule has 0 unspecified atom stereocenters. The predicted molar refractivity (Wildman–Crippen MR) is 89.8 cm³/mol. The van der Waals surface area contributed by atoms with Crippen LogP contribution in [0.5, 0.6) is 0 Å². The Kier molecular flexibility index (Phi) is 3.92. The van der Waals surface area contributed by atoms with Gasteiger partial charge in [-0.2, -0.15) is 4.98 Å². The number of nitrogens with zero attached hydrogens (tertiary/aromatic N) is 2. The van der Waals surface area contributed by atoms with E-state index in [-0.39, 0.29) is 0 Å². The third kappa shape index (κ3) is 3.07. The minimum atomic E-state index is 0.298. The van der Waals surface area contributed by atoms with Crippen LogP contribution in [0.25, 0.3) is 10.8 Å². The van der Waals surface area contributed by atoms with Gasteiger partial charge < -0.3 is 5.32 Å². The highest BCUT2D eigenvalue weighted by Crippen LogP contribution is 2.27. The standard InChI is InChI=1S/C14H11BrClN5/c15-10-3-1-9-6-11(4-2-8(9)5-10)19-13-12(16)7-18-14(20-13)21-17/h1-7H,17H2,(H2,18,19,20,21). The molecule has 0 radical (unpaired) electrons. The molecule has 2 aromatic carbocycles. The lowest BCUT2D eigenvalue weighted by Gasteiger charge is -2.09. The van der Waals surface area contributed by atoms with Gasteiger partial charge in [0.2, 0.25) is 5.95 Å². The number of hydrogen-bond acceptors (Lipinski definition) is 5. The number of nitrogen functional groups attached to an aromatic ring is 1. The number of rotatable bonds is 3. The summed E-state index contributed by atoms with van der Waals surface area (Å²) in [6.07, 6.45) is 1.49. The number of benzene rings is 2. The van der Waals surface area contributed by atoms with Crippen LogP contribution in [0.2, 0.25) is 5.02 Å². The summed E-state index contributed by atoms with van der Waals surface area (Å²) < 4.78 is 1.05. The van der Waals surface area contributed by atoms with Crippen LogP contribution >= 0.6 is 27.5 Å². The minimum Gasteiger partial charge on any atom is -0.339 e. The Labute approximate surface area is 134 Å². The molecule has 0 atom stereocenters. The highest BCUT2D eigenvalue weighted by molar-refractivity contribution is 9.10. The summed E-state index contributed by atoms with van der Waals surface area (Å²) in [7, 11) is 0. The quantitative estimate of drug-likeness (QED) is 0.482. The number of hydrogen-bond donors (Lipinski definition) is 3. The number of nitrogens with two attached hydrogens (primary N) is 1. The number of fused-ring (bicyclic) bond motifs is 1. The average Bonchev–Trinajstić information content (AvgIpc) is 2.49. The van der Waals surface area contributed by atoms with Gasteiger partial charge in [0, 0.05) is 10.2 Å². The maximum atomic E-state index is 6.08. The monoisotopic (exact) mass is 363 g/mol. The van der Waals surface area contributed by atoms with Crippen molar-refractivity contribution in [3.63, 3.8) is 0 Å². The first-order valence-corrected chi connectivity index (χ1v) is 7.28. The van der Waals surface area contributed by atoms with Gasteiger partial charge in [0.05, 0.1) is 6.20 Å². The number of halogens is 2. The molecule has 3 aromatic rings. The third-order valence-corrected chi connectivity index (χ3v) is 3.71. The predicted octanol–water partition coefficient (Wildman–Crippen LogP) is 4.07. The van der Waals surface area contributed by atoms with Gasteiger partial charge in [0.15, 0.2) is 5.82 Å². The van der Waals surface area contributed by atoms with E-state index in [9.17, 15) is 0 Å². The highest BCUT2D eigenvalue weighted by Gasteiger charge is 2.06. The van der Waals surface area contributed by atoms with Crippen LogP contribution in [0.15, 0.2) is 47.1 Å². The van der Waals surface area contributed by atoms with Gasteiger partial charge >= 0.3 is 0 Å². The Morgan fingerprint density at radius 2 is 1.86 bits per heavy atom. The van der Waals surface area contributed by atoms with E-state index in [1.54, 1.807) is 0 Å². The molecular weight excluding hydrogens is 354 g/mol. The van der Waals surface area contributed by atoms with E-state index >= 15 is 0 Å². The first-order valence-electron chi connectivity index (χ1n) is 6.11. The van der Waals surface area contributed by atoms with E-state index in [0.29, 0.717) is 16.8 Å². The van der Waals surface area contributed by atoms with Crippen LogP contribution in [0.3, 0.4) is 0 Å².